The number of benzene rings is 1. The summed E-state index contributed by atoms with van der Waals surface area (Å²) in [5.74, 6) is 0.532. The quantitative estimate of drug-likeness (QED) is 0.644. The lowest BCUT2D eigenvalue weighted by atomic mass is 10.1. The lowest BCUT2D eigenvalue weighted by Gasteiger charge is -2.14. The monoisotopic (exact) mass is 408 g/mol. The molecule has 1 aliphatic rings. The summed E-state index contributed by atoms with van der Waals surface area (Å²) < 4.78 is 12.4. The molecule has 0 spiro atoms. The van der Waals surface area contributed by atoms with Crippen LogP contribution in [-0.4, -0.2) is 39.9 Å². The van der Waals surface area contributed by atoms with E-state index in [1.165, 1.54) is 0 Å². The molecule has 1 atom stereocenters. The molecule has 1 unspecified atom stereocenters. The number of carbonyl (C=O) groups is 1. The number of carbonyl (C=O) groups excluding carboxylic acids is 1. The molecule has 1 amide bonds. The highest BCUT2D eigenvalue weighted by atomic mass is 16.5. The fourth-order valence-electron chi connectivity index (χ4n) is 3.53. The summed E-state index contributed by atoms with van der Waals surface area (Å²) in [6.45, 7) is 3.23. The van der Waals surface area contributed by atoms with Crippen molar-refractivity contribution in [2.24, 2.45) is 0 Å². The van der Waals surface area contributed by atoms with Crippen molar-refractivity contribution in [3.05, 3.63) is 70.0 Å². The minimum atomic E-state index is -0.401. The Morgan fingerprint density at radius 1 is 1.27 bits per heavy atom. The van der Waals surface area contributed by atoms with Crippen LogP contribution in [0.5, 0.6) is 0 Å². The standard InChI is InChI=1S/C22H24N4O4/c1-15-10-12-26(14-17-8-5-13-29-17)22(28)19(15)21(27)23-11-9-18-24-20(25-30-18)16-6-3-2-4-7-16/h2-4,6-7,10,12,17H,5,8-9,11,13-14H2,1H3,(H,23,27). The Morgan fingerprint density at radius 2 is 2.10 bits per heavy atom. The number of hydrogen-bond donors (Lipinski definition) is 1. The van der Waals surface area contributed by atoms with Gasteiger partial charge < -0.3 is 19.1 Å². The lowest BCUT2D eigenvalue weighted by Crippen LogP contribution is -2.36. The van der Waals surface area contributed by atoms with Crippen molar-refractivity contribution in [1.82, 2.24) is 20.0 Å². The van der Waals surface area contributed by atoms with Crippen molar-refractivity contribution in [1.29, 1.82) is 0 Å². The molecule has 2 aromatic heterocycles. The second-order valence-corrected chi connectivity index (χ2v) is 7.35. The predicted molar refractivity (Wildman–Crippen MR) is 110 cm³/mol. The van der Waals surface area contributed by atoms with Crippen molar-refractivity contribution < 1.29 is 14.1 Å². The molecular formula is C22H24N4O4. The molecule has 30 heavy (non-hydrogen) atoms. The fraction of sp³-hybridized carbons (Fsp3) is 0.364. The maximum Gasteiger partial charge on any atom is 0.263 e. The molecule has 1 aromatic carbocycles. The molecule has 0 radical (unpaired) electrons. The van der Waals surface area contributed by atoms with Crippen LogP contribution >= 0.6 is 0 Å². The van der Waals surface area contributed by atoms with Crippen LogP contribution in [0.4, 0.5) is 0 Å². The molecule has 8 heteroatoms. The highest BCUT2D eigenvalue weighted by Gasteiger charge is 2.20. The van der Waals surface area contributed by atoms with Crippen molar-refractivity contribution in [3.8, 4) is 11.4 Å². The second-order valence-electron chi connectivity index (χ2n) is 7.35. The second kappa shape index (κ2) is 9.04. The van der Waals surface area contributed by atoms with E-state index in [4.69, 9.17) is 9.26 Å². The number of amides is 1. The number of hydrogen-bond acceptors (Lipinski definition) is 6. The van der Waals surface area contributed by atoms with Crippen molar-refractivity contribution in [2.45, 2.75) is 38.8 Å². The Bertz CT molecular complexity index is 1070. The largest absolute Gasteiger partial charge is 0.376 e. The minimum Gasteiger partial charge on any atom is -0.376 e. The van der Waals surface area contributed by atoms with E-state index in [1.54, 1.807) is 23.8 Å². The summed E-state index contributed by atoms with van der Waals surface area (Å²) in [5.41, 5.74) is 1.37. The van der Waals surface area contributed by atoms with E-state index < -0.39 is 5.91 Å². The van der Waals surface area contributed by atoms with Gasteiger partial charge in [0.15, 0.2) is 0 Å². The van der Waals surface area contributed by atoms with Gasteiger partial charge in [-0.2, -0.15) is 4.98 Å². The van der Waals surface area contributed by atoms with E-state index in [0.29, 0.717) is 30.2 Å². The molecule has 3 heterocycles. The molecule has 8 nitrogen and oxygen atoms in total. The topological polar surface area (TPSA) is 99.2 Å². The zero-order valence-corrected chi connectivity index (χ0v) is 16.8. The van der Waals surface area contributed by atoms with Gasteiger partial charge in [-0.05, 0) is 31.4 Å². The number of pyridine rings is 1. The van der Waals surface area contributed by atoms with E-state index in [2.05, 4.69) is 15.5 Å². The van der Waals surface area contributed by atoms with Crippen LogP contribution in [-0.2, 0) is 17.7 Å². The van der Waals surface area contributed by atoms with E-state index in [-0.39, 0.29) is 23.8 Å². The number of ether oxygens (including phenoxy) is 1. The van der Waals surface area contributed by atoms with Gasteiger partial charge in [-0.25, -0.2) is 0 Å². The van der Waals surface area contributed by atoms with Crippen LogP contribution in [0.2, 0.25) is 0 Å². The highest BCUT2D eigenvalue weighted by Crippen LogP contribution is 2.15. The molecular weight excluding hydrogens is 384 g/mol. The third-order valence-electron chi connectivity index (χ3n) is 5.15. The van der Waals surface area contributed by atoms with Crippen LogP contribution in [0.15, 0.2) is 51.9 Å². The van der Waals surface area contributed by atoms with Gasteiger partial charge in [-0.3, -0.25) is 9.59 Å². The van der Waals surface area contributed by atoms with Crippen molar-refractivity contribution >= 4 is 5.91 Å². The average Bonchev–Trinajstić information content (AvgIpc) is 3.43. The van der Waals surface area contributed by atoms with Gasteiger partial charge in [0, 0.05) is 31.3 Å². The van der Waals surface area contributed by atoms with Gasteiger partial charge in [-0.15, -0.1) is 0 Å². The molecule has 1 fully saturated rings. The van der Waals surface area contributed by atoms with Crippen LogP contribution < -0.4 is 10.9 Å². The van der Waals surface area contributed by atoms with E-state index in [9.17, 15) is 9.59 Å². The Balaban J connectivity index is 1.38. The lowest BCUT2D eigenvalue weighted by molar-refractivity contribution is 0.0929. The molecule has 0 saturated carbocycles. The van der Waals surface area contributed by atoms with E-state index >= 15 is 0 Å². The molecule has 3 aromatic rings. The zero-order chi connectivity index (χ0) is 20.9. The van der Waals surface area contributed by atoms with Gasteiger partial charge in [0.1, 0.15) is 5.56 Å². The Kier molecular flexibility index (Phi) is 6.04. The predicted octanol–water partition coefficient (Wildman–Crippen LogP) is 2.36. The van der Waals surface area contributed by atoms with Gasteiger partial charge in [-0.1, -0.05) is 35.5 Å². The third kappa shape index (κ3) is 4.49. The maximum absolute atomic E-state index is 12.8. The summed E-state index contributed by atoms with van der Waals surface area (Å²) in [5, 5.41) is 6.75. The first-order chi connectivity index (χ1) is 14.6. The first-order valence-electron chi connectivity index (χ1n) is 10.1. The number of aryl methyl sites for hydroxylation is 1. The van der Waals surface area contributed by atoms with Crippen LogP contribution in [0, 0.1) is 6.92 Å². The normalized spacial score (nSPS) is 16.0. The van der Waals surface area contributed by atoms with Crippen molar-refractivity contribution in [2.75, 3.05) is 13.2 Å². The molecule has 156 valence electrons. The van der Waals surface area contributed by atoms with Crippen LogP contribution in [0.25, 0.3) is 11.4 Å². The third-order valence-corrected chi connectivity index (χ3v) is 5.15. The number of rotatable bonds is 7. The first-order valence-corrected chi connectivity index (χ1v) is 10.1. The van der Waals surface area contributed by atoms with Gasteiger partial charge in [0.05, 0.1) is 12.6 Å². The maximum atomic E-state index is 12.8. The summed E-state index contributed by atoms with van der Waals surface area (Å²) in [7, 11) is 0. The Hall–Kier alpha value is -3.26. The summed E-state index contributed by atoms with van der Waals surface area (Å²) in [4.78, 5) is 29.8. The smallest absolute Gasteiger partial charge is 0.263 e. The number of aromatic nitrogens is 3. The molecule has 1 saturated heterocycles. The summed E-state index contributed by atoms with van der Waals surface area (Å²) in [6.07, 6.45) is 4.05. The molecule has 1 aliphatic heterocycles. The van der Waals surface area contributed by atoms with E-state index in [0.717, 1.165) is 25.0 Å². The Morgan fingerprint density at radius 3 is 2.87 bits per heavy atom. The molecule has 0 bridgehead atoms. The van der Waals surface area contributed by atoms with Gasteiger partial charge in [0.2, 0.25) is 11.7 Å². The highest BCUT2D eigenvalue weighted by molar-refractivity contribution is 5.95. The minimum absolute atomic E-state index is 0.0256. The molecule has 4 rings (SSSR count). The number of nitrogens with one attached hydrogen (secondary N) is 1. The van der Waals surface area contributed by atoms with Gasteiger partial charge >= 0.3 is 0 Å². The summed E-state index contributed by atoms with van der Waals surface area (Å²) >= 11 is 0. The first kappa shape index (κ1) is 20.0. The fourth-order valence-corrected chi connectivity index (χ4v) is 3.53. The van der Waals surface area contributed by atoms with Crippen LogP contribution in [0.3, 0.4) is 0 Å². The average molecular weight is 408 g/mol. The van der Waals surface area contributed by atoms with E-state index in [1.807, 2.05) is 30.3 Å². The zero-order valence-electron chi connectivity index (χ0n) is 16.8. The Labute approximate surface area is 173 Å². The number of nitrogens with zero attached hydrogens (tertiary/aromatic N) is 3. The molecule has 0 aliphatic carbocycles. The van der Waals surface area contributed by atoms with Crippen LogP contribution in [0.1, 0.15) is 34.7 Å². The molecule has 1 N–H and O–H groups in total. The van der Waals surface area contributed by atoms with Gasteiger partial charge in [0.25, 0.3) is 11.5 Å². The summed E-state index contributed by atoms with van der Waals surface area (Å²) in [6, 6.07) is 11.3. The SMILES string of the molecule is Cc1ccn(CC2CCCO2)c(=O)c1C(=O)NCCc1nc(-c2ccccc2)no1. The van der Waals surface area contributed by atoms with Crippen molar-refractivity contribution in [3.63, 3.8) is 0 Å².